The van der Waals surface area contributed by atoms with Gasteiger partial charge in [-0.3, -0.25) is 4.79 Å². The number of carbonyl (C=O) groups is 1. The first-order valence-electron chi connectivity index (χ1n) is 8.82. The summed E-state index contributed by atoms with van der Waals surface area (Å²) < 4.78 is 5.40. The number of amides is 1. The monoisotopic (exact) mass is 380 g/mol. The summed E-state index contributed by atoms with van der Waals surface area (Å²) in [4.78, 5) is 23.6. The molecule has 7 heteroatoms. The minimum absolute atomic E-state index is 0.205. The summed E-state index contributed by atoms with van der Waals surface area (Å²) in [5.74, 6) is 0.709. The van der Waals surface area contributed by atoms with Crippen molar-refractivity contribution in [2.75, 3.05) is 36.5 Å². The fraction of sp³-hybridized carbons (Fsp3) is 0.250. The number of carbonyl (C=O) groups excluding carboxylic acids is 1. The van der Waals surface area contributed by atoms with Crippen LogP contribution in [0.2, 0.25) is 0 Å². The summed E-state index contributed by atoms with van der Waals surface area (Å²) >= 11 is 1.46. The number of benzene rings is 1. The highest BCUT2D eigenvalue weighted by Gasteiger charge is 2.15. The average molecular weight is 380 g/mol. The quantitative estimate of drug-likeness (QED) is 0.749. The molecule has 0 spiro atoms. The Morgan fingerprint density at radius 3 is 2.74 bits per heavy atom. The van der Waals surface area contributed by atoms with Crippen LogP contribution >= 0.6 is 11.3 Å². The Bertz CT molecular complexity index is 933. The molecule has 3 heterocycles. The average Bonchev–Trinajstić information content (AvgIpc) is 3.21. The number of thiazole rings is 1. The molecular formula is C20H20N4O2S. The highest BCUT2D eigenvalue weighted by molar-refractivity contribution is 7.13. The molecule has 138 valence electrons. The molecule has 1 aliphatic rings. The molecule has 1 amide bonds. The first-order valence-corrected chi connectivity index (χ1v) is 9.70. The topological polar surface area (TPSA) is 67.4 Å². The molecule has 0 saturated carbocycles. The predicted molar refractivity (Wildman–Crippen MR) is 108 cm³/mol. The number of ether oxygens (including phenoxy) is 1. The van der Waals surface area contributed by atoms with Crippen LogP contribution in [0.1, 0.15) is 16.1 Å². The molecule has 0 bridgehead atoms. The van der Waals surface area contributed by atoms with E-state index < -0.39 is 0 Å². The fourth-order valence-corrected chi connectivity index (χ4v) is 3.66. The van der Waals surface area contributed by atoms with Gasteiger partial charge in [0.2, 0.25) is 0 Å². The summed E-state index contributed by atoms with van der Waals surface area (Å²) in [5.41, 5.74) is 3.29. The van der Waals surface area contributed by atoms with Crippen molar-refractivity contribution >= 4 is 28.7 Å². The van der Waals surface area contributed by atoms with Crippen LogP contribution < -0.4 is 10.2 Å². The van der Waals surface area contributed by atoms with E-state index in [4.69, 9.17) is 4.74 Å². The molecule has 0 atom stereocenters. The number of nitrogens with zero attached hydrogens (tertiary/aromatic N) is 3. The van der Waals surface area contributed by atoms with Gasteiger partial charge in [0.25, 0.3) is 5.91 Å². The third-order valence-electron chi connectivity index (χ3n) is 4.37. The van der Waals surface area contributed by atoms with Crippen molar-refractivity contribution in [2.45, 2.75) is 6.92 Å². The second-order valence-corrected chi connectivity index (χ2v) is 7.22. The number of hydrogen-bond acceptors (Lipinski definition) is 6. The molecule has 0 radical (unpaired) electrons. The van der Waals surface area contributed by atoms with Crippen molar-refractivity contribution in [1.29, 1.82) is 0 Å². The Morgan fingerprint density at radius 1 is 1.19 bits per heavy atom. The Hall–Kier alpha value is -2.77. The molecule has 0 aliphatic carbocycles. The minimum Gasteiger partial charge on any atom is -0.378 e. The van der Waals surface area contributed by atoms with Crippen LogP contribution in [0.4, 0.5) is 11.5 Å². The van der Waals surface area contributed by atoms with Gasteiger partial charge in [-0.2, -0.15) is 0 Å². The van der Waals surface area contributed by atoms with E-state index in [0.717, 1.165) is 40.7 Å². The first kappa shape index (κ1) is 17.6. The van der Waals surface area contributed by atoms with E-state index in [2.05, 4.69) is 20.2 Å². The smallest absolute Gasteiger partial charge is 0.275 e. The fourth-order valence-electron chi connectivity index (χ4n) is 2.86. The molecule has 6 nitrogen and oxygen atoms in total. The Kier molecular flexibility index (Phi) is 5.13. The minimum atomic E-state index is -0.205. The van der Waals surface area contributed by atoms with Crippen molar-refractivity contribution in [3.63, 3.8) is 0 Å². The summed E-state index contributed by atoms with van der Waals surface area (Å²) in [6.07, 6.45) is 1.79. The van der Waals surface area contributed by atoms with Gasteiger partial charge in [0.1, 0.15) is 16.5 Å². The third-order valence-corrected chi connectivity index (χ3v) is 5.27. The number of aromatic nitrogens is 2. The SMILES string of the molecule is Cc1ccc(NC(=O)c2csc(-c3ccnc(N4CCOCC4)c3)n2)cc1. The zero-order chi connectivity index (χ0) is 18.6. The summed E-state index contributed by atoms with van der Waals surface area (Å²) in [7, 11) is 0. The maximum Gasteiger partial charge on any atom is 0.275 e. The van der Waals surface area contributed by atoms with E-state index in [-0.39, 0.29) is 5.91 Å². The van der Waals surface area contributed by atoms with E-state index in [9.17, 15) is 4.79 Å². The van der Waals surface area contributed by atoms with Crippen LogP contribution in [0.3, 0.4) is 0 Å². The van der Waals surface area contributed by atoms with Crippen molar-refractivity contribution in [3.8, 4) is 10.6 Å². The van der Waals surface area contributed by atoms with Gasteiger partial charge in [0, 0.05) is 35.9 Å². The number of anilines is 2. The second-order valence-electron chi connectivity index (χ2n) is 6.36. The van der Waals surface area contributed by atoms with Gasteiger partial charge < -0.3 is 15.0 Å². The van der Waals surface area contributed by atoms with E-state index in [0.29, 0.717) is 18.9 Å². The van der Waals surface area contributed by atoms with Gasteiger partial charge in [-0.1, -0.05) is 17.7 Å². The Morgan fingerprint density at radius 2 is 1.96 bits per heavy atom. The lowest BCUT2D eigenvalue weighted by atomic mass is 10.2. The van der Waals surface area contributed by atoms with Gasteiger partial charge in [0.15, 0.2) is 0 Å². The largest absolute Gasteiger partial charge is 0.378 e. The van der Waals surface area contributed by atoms with Crippen LogP contribution in [0.15, 0.2) is 48.0 Å². The highest BCUT2D eigenvalue weighted by Crippen LogP contribution is 2.27. The molecule has 3 aromatic rings. The summed E-state index contributed by atoms with van der Waals surface area (Å²) in [5, 5.41) is 5.48. The molecular weight excluding hydrogens is 360 g/mol. The maximum absolute atomic E-state index is 12.5. The molecule has 27 heavy (non-hydrogen) atoms. The molecule has 4 rings (SSSR count). The number of morpholine rings is 1. The summed E-state index contributed by atoms with van der Waals surface area (Å²) in [6, 6.07) is 11.6. The normalized spacial score (nSPS) is 14.2. The molecule has 2 aromatic heterocycles. The Balaban J connectivity index is 1.50. The van der Waals surface area contributed by atoms with Gasteiger partial charge >= 0.3 is 0 Å². The molecule has 1 aromatic carbocycles. The zero-order valence-electron chi connectivity index (χ0n) is 15.0. The lowest BCUT2D eigenvalue weighted by molar-refractivity contribution is 0.102. The molecule has 0 unspecified atom stereocenters. The van der Waals surface area contributed by atoms with E-state index in [1.807, 2.05) is 43.3 Å². The summed E-state index contributed by atoms with van der Waals surface area (Å²) in [6.45, 7) is 5.11. The van der Waals surface area contributed by atoms with Crippen LogP contribution in [-0.4, -0.2) is 42.2 Å². The molecule has 1 N–H and O–H groups in total. The predicted octanol–water partition coefficient (Wildman–Crippen LogP) is 3.60. The van der Waals surface area contributed by atoms with Crippen molar-refractivity contribution < 1.29 is 9.53 Å². The molecule has 1 fully saturated rings. The second kappa shape index (κ2) is 7.85. The number of hydrogen-bond donors (Lipinski definition) is 1. The standard InChI is InChI=1S/C20H20N4O2S/c1-14-2-4-16(5-3-14)22-19(25)17-13-27-20(23-17)15-6-7-21-18(12-15)24-8-10-26-11-9-24/h2-7,12-13H,8-11H2,1H3,(H,22,25). The molecule has 1 aliphatic heterocycles. The van der Waals surface area contributed by atoms with Crippen LogP contribution in [0.25, 0.3) is 10.6 Å². The number of pyridine rings is 1. The third kappa shape index (κ3) is 4.15. The van der Waals surface area contributed by atoms with Gasteiger partial charge in [-0.25, -0.2) is 9.97 Å². The van der Waals surface area contributed by atoms with Crippen molar-refractivity contribution in [1.82, 2.24) is 9.97 Å². The van der Waals surface area contributed by atoms with Gasteiger partial charge in [-0.05, 0) is 31.2 Å². The zero-order valence-corrected chi connectivity index (χ0v) is 15.8. The van der Waals surface area contributed by atoms with Crippen LogP contribution in [0, 0.1) is 6.92 Å². The van der Waals surface area contributed by atoms with E-state index >= 15 is 0 Å². The van der Waals surface area contributed by atoms with Crippen molar-refractivity contribution in [3.05, 3.63) is 59.2 Å². The van der Waals surface area contributed by atoms with Crippen LogP contribution in [0.5, 0.6) is 0 Å². The van der Waals surface area contributed by atoms with Crippen molar-refractivity contribution in [2.24, 2.45) is 0 Å². The van der Waals surface area contributed by atoms with Gasteiger partial charge in [-0.15, -0.1) is 11.3 Å². The number of nitrogens with one attached hydrogen (secondary N) is 1. The van der Waals surface area contributed by atoms with Crippen LogP contribution in [-0.2, 0) is 4.74 Å². The molecule has 1 saturated heterocycles. The lowest BCUT2D eigenvalue weighted by Gasteiger charge is -2.27. The van der Waals surface area contributed by atoms with E-state index in [1.165, 1.54) is 11.3 Å². The first-order chi connectivity index (χ1) is 13.2. The maximum atomic E-state index is 12.5. The Labute approximate surface area is 161 Å². The van der Waals surface area contributed by atoms with Gasteiger partial charge in [0.05, 0.1) is 13.2 Å². The highest BCUT2D eigenvalue weighted by atomic mass is 32.1. The lowest BCUT2D eigenvalue weighted by Crippen LogP contribution is -2.36. The number of rotatable bonds is 4. The van der Waals surface area contributed by atoms with E-state index in [1.54, 1.807) is 11.6 Å². The number of aryl methyl sites for hydroxylation is 1.